The van der Waals surface area contributed by atoms with Crippen molar-refractivity contribution < 1.29 is 4.42 Å². The van der Waals surface area contributed by atoms with Crippen molar-refractivity contribution in [2.24, 2.45) is 0 Å². The van der Waals surface area contributed by atoms with Crippen LogP contribution < -0.4 is 0 Å². The molecular weight excluding hydrogens is 647 g/mol. The molecule has 0 fully saturated rings. The van der Waals surface area contributed by atoms with E-state index in [1.165, 1.54) is 37.7 Å². The van der Waals surface area contributed by atoms with Crippen molar-refractivity contribution >= 4 is 65.0 Å². The molecule has 53 heavy (non-hydrogen) atoms. The van der Waals surface area contributed by atoms with Crippen LogP contribution in [0, 0.1) is 0 Å². The maximum Gasteiger partial charge on any atom is 0.164 e. The Kier molecular flexibility index (Phi) is 6.52. The molecule has 0 aliphatic heterocycles. The van der Waals surface area contributed by atoms with Gasteiger partial charge in [0.05, 0.1) is 0 Å². The largest absolute Gasteiger partial charge is 0.456 e. The van der Waals surface area contributed by atoms with Gasteiger partial charge in [-0.1, -0.05) is 140 Å². The van der Waals surface area contributed by atoms with E-state index in [1.54, 1.807) is 0 Å². The molecule has 0 aliphatic rings. The standard InChI is InChI=1S/C49H29N3O/c1-2-10-32(11-3-1)47-50-48(37-19-21-40-36(27-37)18-23-41-39-13-7-6-9-31(39)16-22-42(40)41)52-49(51-47)38-20-25-44-43-24-17-35(28-45(43)53-46(44)29-38)34-15-14-30-8-4-5-12-33(30)26-34/h1-29H. The molecule has 246 valence electrons. The Hall–Kier alpha value is -7.17. The normalized spacial score (nSPS) is 11.8. The minimum atomic E-state index is 0.596. The highest BCUT2D eigenvalue weighted by Gasteiger charge is 2.16. The Bertz CT molecular complexity index is 3240. The summed E-state index contributed by atoms with van der Waals surface area (Å²) in [7, 11) is 0. The van der Waals surface area contributed by atoms with E-state index in [1.807, 2.05) is 30.3 Å². The third-order valence-corrected chi connectivity index (χ3v) is 10.5. The number of furan rings is 1. The second-order valence-corrected chi connectivity index (χ2v) is 13.6. The van der Waals surface area contributed by atoms with Gasteiger partial charge in [0, 0.05) is 27.5 Å². The van der Waals surface area contributed by atoms with Crippen LogP contribution in [0.25, 0.3) is 110 Å². The first-order valence-electron chi connectivity index (χ1n) is 17.8. The predicted molar refractivity (Wildman–Crippen MR) is 219 cm³/mol. The maximum atomic E-state index is 6.53. The average Bonchev–Trinajstić information content (AvgIpc) is 3.60. The van der Waals surface area contributed by atoms with Gasteiger partial charge in [-0.2, -0.15) is 0 Å². The van der Waals surface area contributed by atoms with Crippen LogP contribution in [0.3, 0.4) is 0 Å². The molecule has 0 unspecified atom stereocenters. The van der Waals surface area contributed by atoms with E-state index in [-0.39, 0.29) is 0 Å². The summed E-state index contributed by atoms with van der Waals surface area (Å²) in [4.78, 5) is 15.1. The zero-order valence-electron chi connectivity index (χ0n) is 28.5. The Balaban J connectivity index is 1.02. The van der Waals surface area contributed by atoms with Crippen molar-refractivity contribution in [3.63, 3.8) is 0 Å². The number of rotatable bonds is 4. The van der Waals surface area contributed by atoms with Crippen molar-refractivity contribution in [2.45, 2.75) is 0 Å². The van der Waals surface area contributed by atoms with Crippen LogP contribution in [0.4, 0.5) is 0 Å². The van der Waals surface area contributed by atoms with E-state index >= 15 is 0 Å². The molecule has 0 atom stereocenters. The monoisotopic (exact) mass is 675 g/mol. The number of benzene rings is 9. The number of hydrogen-bond acceptors (Lipinski definition) is 4. The molecule has 0 saturated heterocycles. The Labute approximate surface area is 304 Å². The summed E-state index contributed by atoms with van der Waals surface area (Å²) >= 11 is 0. The van der Waals surface area contributed by atoms with Gasteiger partial charge in [0.2, 0.25) is 0 Å². The molecule has 4 heteroatoms. The maximum absolute atomic E-state index is 6.53. The lowest BCUT2D eigenvalue weighted by Gasteiger charge is -2.11. The van der Waals surface area contributed by atoms with Crippen molar-refractivity contribution in [1.29, 1.82) is 0 Å². The number of nitrogens with zero attached hydrogens (tertiary/aromatic N) is 3. The molecule has 4 nitrogen and oxygen atoms in total. The van der Waals surface area contributed by atoms with E-state index in [0.717, 1.165) is 55.1 Å². The Morgan fingerprint density at radius 3 is 1.47 bits per heavy atom. The van der Waals surface area contributed by atoms with E-state index in [9.17, 15) is 0 Å². The number of fused-ring (bicyclic) bond motifs is 9. The fourth-order valence-electron chi connectivity index (χ4n) is 7.78. The summed E-state index contributed by atoms with van der Waals surface area (Å²) in [5.74, 6) is 1.85. The molecule has 11 rings (SSSR count). The Morgan fingerprint density at radius 1 is 0.264 bits per heavy atom. The van der Waals surface area contributed by atoms with Gasteiger partial charge >= 0.3 is 0 Å². The number of aromatic nitrogens is 3. The average molecular weight is 676 g/mol. The molecule has 9 aromatic carbocycles. The molecule has 0 radical (unpaired) electrons. The van der Waals surface area contributed by atoms with Crippen LogP contribution >= 0.6 is 0 Å². The van der Waals surface area contributed by atoms with Gasteiger partial charge in [-0.05, 0) is 90.6 Å². The SMILES string of the molecule is c1ccc(-c2nc(-c3ccc4c(ccc5c6ccccc6ccc45)c3)nc(-c3ccc4c(c3)oc3cc(-c5ccc6ccccc6c5)ccc34)n2)cc1. The van der Waals surface area contributed by atoms with Crippen molar-refractivity contribution in [1.82, 2.24) is 15.0 Å². The molecule has 11 aromatic rings. The van der Waals surface area contributed by atoms with Gasteiger partial charge in [-0.25, -0.2) is 15.0 Å². The molecule has 0 bridgehead atoms. The molecular formula is C49H29N3O. The second-order valence-electron chi connectivity index (χ2n) is 13.6. The lowest BCUT2D eigenvalue weighted by Crippen LogP contribution is -2.00. The summed E-state index contributed by atoms with van der Waals surface area (Å²) in [5, 5.41) is 11.9. The van der Waals surface area contributed by atoms with Crippen molar-refractivity contribution in [2.75, 3.05) is 0 Å². The van der Waals surface area contributed by atoms with Crippen LogP contribution in [0.5, 0.6) is 0 Å². The predicted octanol–water partition coefficient (Wildman–Crippen LogP) is 13.1. The highest BCUT2D eigenvalue weighted by Crippen LogP contribution is 2.37. The van der Waals surface area contributed by atoms with Crippen LogP contribution in [0.2, 0.25) is 0 Å². The zero-order chi connectivity index (χ0) is 34.9. The van der Waals surface area contributed by atoms with Crippen LogP contribution in [-0.2, 0) is 0 Å². The molecule has 0 amide bonds. The molecule has 0 spiro atoms. The van der Waals surface area contributed by atoms with E-state index in [2.05, 4.69) is 146 Å². The fourth-order valence-corrected chi connectivity index (χ4v) is 7.78. The van der Waals surface area contributed by atoms with E-state index in [0.29, 0.717) is 17.5 Å². The summed E-state index contributed by atoms with van der Waals surface area (Å²) in [6.45, 7) is 0. The first-order valence-corrected chi connectivity index (χ1v) is 17.8. The van der Waals surface area contributed by atoms with Gasteiger partial charge in [-0.15, -0.1) is 0 Å². The van der Waals surface area contributed by atoms with Crippen molar-refractivity contribution in [3.8, 4) is 45.3 Å². The first-order chi connectivity index (χ1) is 26.2. The summed E-state index contributed by atoms with van der Waals surface area (Å²) < 4.78 is 6.53. The molecule has 0 N–H and O–H groups in total. The smallest absolute Gasteiger partial charge is 0.164 e. The van der Waals surface area contributed by atoms with Crippen molar-refractivity contribution in [3.05, 3.63) is 176 Å². The first kappa shape index (κ1) is 29.5. The molecule has 2 aromatic heterocycles. The highest BCUT2D eigenvalue weighted by atomic mass is 16.3. The topological polar surface area (TPSA) is 51.8 Å². The van der Waals surface area contributed by atoms with Crippen LogP contribution in [0.15, 0.2) is 180 Å². The van der Waals surface area contributed by atoms with Gasteiger partial charge in [-0.3, -0.25) is 0 Å². The summed E-state index contributed by atoms with van der Waals surface area (Å²) in [5.41, 5.74) is 6.65. The van der Waals surface area contributed by atoms with Gasteiger partial charge in [0.1, 0.15) is 11.2 Å². The van der Waals surface area contributed by atoms with Crippen LogP contribution in [0.1, 0.15) is 0 Å². The van der Waals surface area contributed by atoms with E-state index in [4.69, 9.17) is 19.4 Å². The van der Waals surface area contributed by atoms with E-state index < -0.39 is 0 Å². The fraction of sp³-hybridized carbons (Fsp3) is 0. The van der Waals surface area contributed by atoms with Gasteiger partial charge in [0.15, 0.2) is 17.5 Å². The molecule has 0 aliphatic carbocycles. The minimum absolute atomic E-state index is 0.596. The lowest BCUT2D eigenvalue weighted by molar-refractivity contribution is 0.669. The second kappa shape index (κ2) is 11.7. The van der Waals surface area contributed by atoms with Crippen LogP contribution in [-0.4, -0.2) is 15.0 Å². The highest BCUT2D eigenvalue weighted by molar-refractivity contribution is 6.17. The summed E-state index contributed by atoms with van der Waals surface area (Å²) in [6.07, 6.45) is 0. The molecule has 2 heterocycles. The quantitative estimate of drug-likeness (QED) is 0.174. The number of hydrogen-bond donors (Lipinski definition) is 0. The summed E-state index contributed by atoms with van der Waals surface area (Å²) in [6, 6.07) is 61.8. The zero-order valence-corrected chi connectivity index (χ0v) is 28.5. The van der Waals surface area contributed by atoms with Gasteiger partial charge in [0.25, 0.3) is 0 Å². The van der Waals surface area contributed by atoms with Gasteiger partial charge < -0.3 is 4.42 Å². The third kappa shape index (κ3) is 4.95. The molecule has 0 saturated carbocycles. The Morgan fingerprint density at radius 2 is 0.717 bits per heavy atom. The lowest BCUT2D eigenvalue weighted by atomic mass is 9.96. The third-order valence-electron chi connectivity index (χ3n) is 10.5. The minimum Gasteiger partial charge on any atom is -0.456 e.